The number of rotatable bonds is 3. The average Bonchev–Trinajstić information content (AvgIpc) is 2.18. The molecular formula is C13H18BrF3O2Si. The molecule has 0 heterocycles. The number of hydrogen-bond donors (Lipinski definition) is 0. The minimum absolute atomic E-state index is 0.0483. The van der Waals surface area contributed by atoms with E-state index in [4.69, 9.17) is 4.43 Å². The summed E-state index contributed by atoms with van der Waals surface area (Å²) in [6.07, 6.45) is -4.71. The summed E-state index contributed by atoms with van der Waals surface area (Å²) in [6, 6.07) is 4.00. The molecule has 0 aromatic heterocycles. The highest BCUT2D eigenvalue weighted by atomic mass is 79.9. The predicted octanol–water partition coefficient (Wildman–Crippen LogP) is 5.73. The van der Waals surface area contributed by atoms with Gasteiger partial charge in [-0.25, -0.2) is 0 Å². The van der Waals surface area contributed by atoms with E-state index < -0.39 is 14.7 Å². The Morgan fingerprint density at radius 1 is 1.10 bits per heavy atom. The van der Waals surface area contributed by atoms with Crippen molar-refractivity contribution in [2.45, 2.75) is 45.3 Å². The summed E-state index contributed by atoms with van der Waals surface area (Å²) < 4.78 is 47.2. The molecule has 0 bridgehead atoms. The summed E-state index contributed by atoms with van der Waals surface area (Å²) >= 11 is 3.29. The van der Waals surface area contributed by atoms with Gasteiger partial charge in [-0.05, 0) is 46.2 Å². The quantitative estimate of drug-likeness (QED) is 0.632. The van der Waals surface area contributed by atoms with E-state index in [0.717, 1.165) is 0 Å². The van der Waals surface area contributed by atoms with E-state index in [9.17, 15) is 13.2 Å². The lowest BCUT2D eigenvalue weighted by atomic mass is 10.2. The van der Waals surface area contributed by atoms with E-state index in [1.54, 1.807) is 0 Å². The molecule has 2 nitrogen and oxygen atoms in total. The number of hydrogen-bond acceptors (Lipinski definition) is 2. The lowest BCUT2D eigenvalue weighted by Gasteiger charge is -2.36. The molecule has 114 valence electrons. The van der Waals surface area contributed by atoms with Gasteiger partial charge in [0, 0.05) is 6.07 Å². The molecule has 0 fully saturated rings. The Morgan fingerprint density at radius 2 is 1.65 bits per heavy atom. The van der Waals surface area contributed by atoms with Crippen LogP contribution in [-0.2, 0) is 0 Å². The SMILES string of the molecule is CC(C)(C)[Si](C)(C)Oc1cc(OC(F)(F)F)ccc1Br. The normalized spacial score (nSPS) is 13.2. The Hall–Kier alpha value is -0.693. The van der Waals surface area contributed by atoms with Crippen molar-refractivity contribution in [3.05, 3.63) is 22.7 Å². The Morgan fingerprint density at radius 3 is 2.10 bits per heavy atom. The molecule has 1 aromatic rings. The molecule has 0 radical (unpaired) electrons. The van der Waals surface area contributed by atoms with Crippen LogP contribution in [0.15, 0.2) is 22.7 Å². The summed E-state index contributed by atoms with van der Waals surface area (Å²) in [5.41, 5.74) is 0. The first-order valence-electron chi connectivity index (χ1n) is 6.06. The van der Waals surface area contributed by atoms with Crippen LogP contribution in [0.25, 0.3) is 0 Å². The highest BCUT2D eigenvalue weighted by Gasteiger charge is 2.39. The maximum absolute atomic E-state index is 12.2. The van der Waals surface area contributed by atoms with Gasteiger partial charge in [0.25, 0.3) is 8.32 Å². The highest BCUT2D eigenvalue weighted by Crippen LogP contribution is 2.40. The van der Waals surface area contributed by atoms with Gasteiger partial charge in [0.1, 0.15) is 11.5 Å². The third-order valence-electron chi connectivity index (χ3n) is 3.31. The fourth-order valence-corrected chi connectivity index (χ4v) is 2.69. The number of alkyl halides is 3. The van der Waals surface area contributed by atoms with E-state index >= 15 is 0 Å². The molecule has 0 aliphatic heterocycles. The number of benzene rings is 1. The number of halogens is 4. The fourth-order valence-electron chi connectivity index (χ4n) is 1.19. The maximum atomic E-state index is 12.2. The molecule has 1 aromatic carbocycles. The van der Waals surface area contributed by atoms with E-state index in [0.29, 0.717) is 10.2 Å². The minimum atomic E-state index is -4.71. The van der Waals surface area contributed by atoms with Crippen LogP contribution >= 0.6 is 15.9 Å². The molecule has 20 heavy (non-hydrogen) atoms. The van der Waals surface area contributed by atoms with E-state index in [2.05, 4.69) is 41.4 Å². The van der Waals surface area contributed by atoms with Gasteiger partial charge in [0.2, 0.25) is 0 Å². The number of ether oxygens (including phenoxy) is 1. The fraction of sp³-hybridized carbons (Fsp3) is 0.538. The van der Waals surface area contributed by atoms with E-state index in [1.807, 2.05) is 13.1 Å². The van der Waals surface area contributed by atoms with E-state index in [-0.39, 0.29) is 10.8 Å². The Kier molecular flexibility index (Phi) is 4.86. The lowest BCUT2D eigenvalue weighted by Crippen LogP contribution is -2.43. The van der Waals surface area contributed by atoms with Crippen LogP contribution in [-0.4, -0.2) is 14.7 Å². The van der Waals surface area contributed by atoms with Gasteiger partial charge in [0.15, 0.2) is 0 Å². The molecule has 0 N–H and O–H groups in total. The molecule has 0 amide bonds. The third-order valence-corrected chi connectivity index (χ3v) is 8.31. The minimum Gasteiger partial charge on any atom is -0.543 e. The first-order chi connectivity index (χ1) is 8.82. The van der Waals surface area contributed by atoms with E-state index in [1.165, 1.54) is 18.2 Å². The molecular weight excluding hydrogens is 353 g/mol. The van der Waals surface area contributed by atoms with Crippen LogP contribution in [0.2, 0.25) is 18.1 Å². The van der Waals surface area contributed by atoms with Crippen molar-refractivity contribution in [3.8, 4) is 11.5 Å². The zero-order valence-corrected chi connectivity index (χ0v) is 14.6. The van der Waals surface area contributed by atoms with Crippen molar-refractivity contribution in [1.82, 2.24) is 0 Å². The Labute approximate surface area is 126 Å². The van der Waals surface area contributed by atoms with Gasteiger partial charge in [0.05, 0.1) is 4.47 Å². The monoisotopic (exact) mass is 370 g/mol. The third kappa shape index (κ3) is 4.70. The standard InChI is InChI=1S/C13H18BrF3O2Si/c1-12(2,3)20(4,5)19-11-8-9(6-7-10(11)14)18-13(15,16)17/h6-8H,1-5H3. The van der Waals surface area contributed by atoms with Crippen molar-refractivity contribution in [2.75, 3.05) is 0 Å². The largest absolute Gasteiger partial charge is 0.573 e. The molecule has 0 atom stereocenters. The lowest BCUT2D eigenvalue weighted by molar-refractivity contribution is -0.274. The summed E-state index contributed by atoms with van der Waals surface area (Å²) in [5, 5.41) is -0.0483. The second-order valence-electron chi connectivity index (χ2n) is 6.00. The molecule has 0 spiro atoms. The summed E-state index contributed by atoms with van der Waals surface area (Å²) in [5.74, 6) is 0.0905. The highest BCUT2D eigenvalue weighted by molar-refractivity contribution is 9.10. The van der Waals surface area contributed by atoms with Crippen LogP contribution in [0.5, 0.6) is 11.5 Å². The van der Waals surface area contributed by atoms with Gasteiger partial charge in [-0.15, -0.1) is 13.2 Å². The van der Waals surface area contributed by atoms with Gasteiger partial charge in [-0.3, -0.25) is 0 Å². The van der Waals surface area contributed by atoms with Crippen molar-refractivity contribution in [3.63, 3.8) is 0 Å². The van der Waals surface area contributed by atoms with Gasteiger partial charge in [-0.2, -0.15) is 0 Å². The smallest absolute Gasteiger partial charge is 0.543 e. The first kappa shape index (κ1) is 17.4. The second kappa shape index (κ2) is 5.59. The molecule has 0 saturated carbocycles. The van der Waals surface area contributed by atoms with Gasteiger partial charge < -0.3 is 9.16 Å². The zero-order valence-electron chi connectivity index (χ0n) is 12.1. The van der Waals surface area contributed by atoms with Crippen LogP contribution < -0.4 is 9.16 Å². The summed E-state index contributed by atoms with van der Waals surface area (Å²) in [4.78, 5) is 0. The van der Waals surface area contributed by atoms with Crippen molar-refractivity contribution in [1.29, 1.82) is 0 Å². The van der Waals surface area contributed by atoms with Crippen LogP contribution in [0.3, 0.4) is 0 Å². The molecule has 0 saturated heterocycles. The van der Waals surface area contributed by atoms with Crippen LogP contribution in [0.1, 0.15) is 20.8 Å². The van der Waals surface area contributed by atoms with Crippen LogP contribution in [0, 0.1) is 0 Å². The molecule has 0 unspecified atom stereocenters. The first-order valence-corrected chi connectivity index (χ1v) is 9.76. The Bertz CT molecular complexity index is 481. The predicted molar refractivity (Wildman–Crippen MR) is 78.7 cm³/mol. The second-order valence-corrected chi connectivity index (χ2v) is 11.6. The Balaban J connectivity index is 3.04. The average molecular weight is 371 g/mol. The van der Waals surface area contributed by atoms with Crippen molar-refractivity contribution >= 4 is 24.2 Å². The van der Waals surface area contributed by atoms with Crippen molar-refractivity contribution < 1.29 is 22.3 Å². The maximum Gasteiger partial charge on any atom is 0.573 e. The van der Waals surface area contributed by atoms with Gasteiger partial charge in [-0.1, -0.05) is 20.8 Å². The van der Waals surface area contributed by atoms with Crippen molar-refractivity contribution in [2.24, 2.45) is 0 Å². The summed E-state index contributed by atoms with van der Waals surface area (Å²) in [6.45, 7) is 10.2. The molecule has 7 heteroatoms. The molecule has 0 aliphatic rings. The topological polar surface area (TPSA) is 18.5 Å². The summed E-state index contributed by atoms with van der Waals surface area (Å²) in [7, 11) is -2.13. The molecule has 0 aliphatic carbocycles. The van der Waals surface area contributed by atoms with Crippen LogP contribution in [0.4, 0.5) is 13.2 Å². The zero-order chi connectivity index (χ0) is 15.8. The van der Waals surface area contributed by atoms with Gasteiger partial charge >= 0.3 is 6.36 Å². The molecule has 1 rings (SSSR count).